The molecule has 36 heavy (non-hydrogen) atoms. The number of hydrogen-bond acceptors (Lipinski definition) is 12. The fourth-order valence-electron chi connectivity index (χ4n) is 3.84. The van der Waals surface area contributed by atoms with Crippen molar-refractivity contribution in [3.8, 4) is 0 Å². The lowest BCUT2D eigenvalue weighted by Gasteiger charge is -2.36. The molecular weight excluding hydrogens is 499 g/mol. The van der Waals surface area contributed by atoms with Gasteiger partial charge in [-0.2, -0.15) is 0 Å². The lowest BCUT2D eigenvalue weighted by Crippen LogP contribution is -2.53. The second kappa shape index (κ2) is 14.1. The van der Waals surface area contributed by atoms with Crippen molar-refractivity contribution in [3.63, 3.8) is 0 Å². The average molecular weight is 537 g/mol. The van der Waals surface area contributed by atoms with Gasteiger partial charge in [-0.1, -0.05) is 0 Å². The van der Waals surface area contributed by atoms with Crippen LogP contribution in [0.5, 0.6) is 0 Å². The van der Waals surface area contributed by atoms with Gasteiger partial charge in [0.2, 0.25) is 6.35 Å². The van der Waals surface area contributed by atoms with Crippen molar-refractivity contribution >= 4 is 25.4 Å². The van der Waals surface area contributed by atoms with Gasteiger partial charge < -0.3 is 43.3 Å². The lowest BCUT2D eigenvalue weighted by molar-refractivity contribution is -0.170. The predicted molar refractivity (Wildman–Crippen MR) is 125 cm³/mol. The first-order valence-corrected chi connectivity index (χ1v) is 13.6. The molecule has 1 saturated heterocycles. The van der Waals surface area contributed by atoms with E-state index in [0.29, 0.717) is 18.4 Å². The van der Waals surface area contributed by atoms with Crippen LogP contribution in [0.1, 0.15) is 47.5 Å². The van der Waals surface area contributed by atoms with Crippen LogP contribution < -0.4 is 5.32 Å². The number of esters is 2. The number of rotatable bonds is 14. The summed E-state index contributed by atoms with van der Waals surface area (Å²) in [6.07, 6.45) is -1.98. The van der Waals surface area contributed by atoms with Crippen LogP contribution in [-0.2, 0) is 46.9 Å². The highest BCUT2D eigenvalue weighted by Crippen LogP contribution is 2.50. The van der Waals surface area contributed by atoms with E-state index in [2.05, 4.69) is 5.32 Å². The van der Waals surface area contributed by atoms with E-state index >= 15 is 0 Å². The highest BCUT2D eigenvalue weighted by atomic mass is 31.2. The van der Waals surface area contributed by atoms with Gasteiger partial charge in [0.25, 0.3) is 5.91 Å². The van der Waals surface area contributed by atoms with Crippen LogP contribution in [0.3, 0.4) is 0 Å². The van der Waals surface area contributed by atoms with Crippen molar-refractivity contribution in [3.05, 3.63) is 11.8 Å². The molecule has 2 aliphatic rings. The number of nitrogens with one attached hydrogen (secondary N) is 1. The summed E-state index contributed by atoms with van der Waals surface area (Å²) in [6.45, 7) is 7.34. The van der Waals surface area contributed by atoms with E-state index in [-0.39, 0.29) is 38.5 Å². The Labute approximate surface area is 210 Å². The Morgan fingerprint density at radius 2 is 1.75 bits per heavy atom. The first-order valence-electron chi connectivity index (χ1n) is 11.9. The number of hydrogen-bond donors (Lipinski definition) is 2. The summed E-state index contributed by atoms with van der Waals surface area (Å²) in [5, 5.41) is 12.8. The normalized spacial score (nSPS) is 23.3. The average Bonchev–Trinajstić information content (AvgIpc) is 3.27. The van der Waals surface area contributed by atoms with Crippen LogP contribution in [-0.4, -0.2) is 91.3 Å². The van der Waals surface area contributed by atoms with E-state index in [1.54, 1.807) is 20.8 Å². The van der Waals surface area contributed by atoms with Gasteiger partial charge >= 0.3 is 19.5 Å². The third-order valence-electron chi connectivity index (χ3n) is 5.39. The molecule has 4 atom stereocenters. The number of carbonyl (C=O) groups is 3. The summed E-state index contributed by atoms with van der Waals surface area (Å²) in [7, 11) is -3.59. The van der Waals surface area contributed by atoms with Gasteiger partial charge in [-0.25, -0.2) is 0 Å². The number of carbonyl (C=O) groups excluding carboxylic acids is 3. The Bertz CT molecular complexity index is 824. The lowest BCUT2D eigenvalue weighted by atomic mass is 10.1. The molecule has 2 rings (SSSR count). The van der Waals surface area contributed by atoms with Crippen LogP contribution in [0.4, 0.5) is 0 Å². The van der Waals surface area contributed by atoms with Crippen molar-refractivity contribution in [1.82, 2.24) is 10.2 Å². The number of ether oxygens (including phenoxy) is 4. The predicted octanol–water partition coefficient (Wildman–Crippen LogP) is 1.25. The molecule has 1 fully saturated rings. The molecule has 2 heterocycles. The topological polar surface area (TPSA) is 159 Å². The highest BCUT2D eigenvalue weighted by Gasteiger charge is 2.42. The summed E-state index contributed by atoms with van der Waals surface area (Å²) >= 11 is 0. The maximum atomic E-state index is 13.4. The Morgan fingerprint density at radius 3 is 2.28 bits per heavy atom. The maximum absolute atomic E-state index is 13.4. The van der Waals surface area contributed by atoms with Gasteiger partial charge in [-0.15, -0.1) is 0 Å². The molecule has 14 heteroatoms. The molecular formula is C22H37N2O11P. The van der Waals surface area contributed by atoms with E-state index in [1.165, 1.54) is 24.9 Å². The van der Waals surface area contributed by atoms with Crippen molar-refractivity contribution < 1.29 is 52.1 Å². The Balaban J connectivity index is 2.25. The number of nitrogens with zero attached hydrogens (tertiary/aromatic N) is 1. The fourth-order valence-corrected chi connectivity index (χ4v) is 5.67. The highest BCUT2D eigenvalue weighted by molar-refractivity contribution is 7.53. The summed E-state index contributed by atoms with van der Waals surface area (Å²) in [6, 6.07) is 0. The molecule has 0 saturated carbocycles. The molecule has 0 aromatic carbocycles. The Kier molecular flexibility index (Phi) is 11.8. The molecule has 0 aliphatic carbocycles. The minimum absolute atomic E-state index is 0.145. The maximum Gasteiger partial charge on any atom is 0.333 e. The van der Waals surface area contributed by atoms with Gasteiger partial charge in [0.15, 0.2) is 0 Å². The van der Waals surface area contributed by atoms with Crippen LogP contribution in [0.15, 0.2) is 11.8 Å². The minimum Gasteiger partial charge on any atom is -0.463 e. The summed E-state index contributed by atoms with van der Waals surface area (Å²) in [5.74, 6) is -1.47. The zero-order valence-corrected chi connectivity index (χ0v) is 22.2. The first-order chi connectivity index (χ1) is 17.0. The van der Waals surface area contributed by atoms with Gasteiger partial charge in [-0.05, 0) is 33.6 Å². The molecule has 1 amide bonds. The third-order valence-corrected chi connectivity index (χ3v) is 7.50. The van der Waals surface area contributed by atoms with Crippen LogP contribution in [0.2, 0.25) is 0 Å². The molecule has 0 spiro atoms. The second-order valence-corrected chi connectivity index (χ2v) is 10.4. The summed E-state index contributed by atoms with van der Waals surface area (Å²) < 4.78 is 46.7. The SMILES string of the molecule is CCOP(=O)(C[C@@H](OC(COC(C)=O)COC(C)=O)C1CC[C@H](N2C=C(C)C(=O)NC2O)O1)OCC. The number of aliphatic hydroxyl groups excluding tert-OH is 1. The van der Waals surface area contributed by atoms with Crippen LogP contribution >= 0.6 is 7.60 Å². The number of amides is 1. The Morgan fingerprint density at radius 1 is 1.17 bits per heavy atom. The molecule has 0 radical (unpaired) electrons. The number of aliphatic hydroxyl groups is 1. The second-order valence-electron chi connectivity index (χ2n) is 8.34. The monoisotopic (exact) mass is 536 g/mol. The standard InChI is InChI=1S/C22H37N2O11P/c1-6-32-36(29,33-7-2)13-19(34-17(11-30-15(4)25)12-31-16(5)26)18-8-9-20(35-18)24-10-14(3)21(27)23-22(24)28/h10,17-20,22,28H,6-9,11-13H2,1-5H3,(H,23,27)/t18?,19-,20-,22?/m1/s1. The van der Waals surface area contributed by atoms with E-state index in [4.69, 9.17) is 28.0 Å². The van der Waals surface area contributed by atoms with Crippen molar-refractivity contribution in [2.24, 2.45) is 0 Å². The molecule has 2 aliphatic heterocycles. The quantitative estimate of drug-likeness (QED) is 0.242. The van der Waals surface area contributed by atoms with Crippen molar-refractivity contribution in [1.29, 1.82) is 0 Å². The zero-order chi connectivity index (χ0) is 26.9. The zero-order valence-electron chi connectivity index (χ0n) is 21.3. The summed E-state index contributed by atoms with van der Waals surface area (Å²) in [4.78, 5) is 36.0. The van der Waals surface area contributed by atoms with E-state index in [0.717, 1.165) is 0 Å². The third kappa shape index (κ3) is 9.13. The van der Waals surface area contributed by atoms with Gasteiger partial charge in [0.1, 0.15) is 25.5 Å². The molecule has 2 N–H and O–H groups in total. The minimum atomic E-state index is -3.59. The smallest absolute Gasteiger partial charge is 0.333 e. The molecule has 13 nitrogen and oxygen atoms in total. The van der Waals surface area contributed by atoms with Gasteiger partial charge in [0, 0.05) is 25.6 Å². The fraction of sp³-hybridized carbons (Fsp3) is 0.773. The molecule has 0 aromatic heterocycles. The van der Waals surface area contributed by atoms with Crippen LogP contribution in [0, 0.1) is 0 Å². The Hall–Kier alpha value is -2.02. The van der Waals surface area contributed by atoms with Crippen molar-refractivity contribution in [2.45, 2.75) is 78.4 Å². The van der Waals surface area contributed by atoms with Gasteiger partial charge in [-0.3, -0.25) is 18.9 Å². The first kappa shape index (κ1) is 30.2. The van der Waals surface area contributed by atoms with Gasteiger partial charge in [0.05, 0.1) is 31.6 Å². The largest absolute Gasteiger partial charge is 0.463 e. The molecule has 206 valence electrons. The van der Waals surface area contributed by atoms with E-state index in [1.807, 2.05) is 0 Å². The summed E-state index contributed by atoms with van der Waals surface area (Å²) in [5.41, 5.74) is 0.403. The van der Waals surface area contributed by atoms with E-state index < -0.39 is 50.4 Å². The molecule has 0 aromatic rings. The molecule has 0 bridgehead atoms. The van der Waals surface area contributed by atoms with E-state index in [9.17, 15) is 24.1 Å². The van der Waals surface area contributed by atoms with Crippen LogP contribution in [0.25, 0.3) is 0 Å². The molecule has 2 unspecified atom stereocenters. The van der Waals surface area contributed by atoms with Crippen molar-refractivity contribution in [2.75, 3.05) is 32.6 Å².